The minimum Gasteiger partial charge on any atom is -0.394 e. The van der Waals surface area contributed by atoms with Crippen LogP contribution in [0, 0.1) is 0 Å². The zero-order chi connectivity index (χ0) is 10.3. The van der Waals surface area contributed by atoms with Crippen LogP contribution >= 0.6 is 0 Å². The van der Waals surface area contributed by atoms with Crippen LogP contribution < -0.4 is 5.32 Å². The average molecular weight is 203 g/mol. The number of aromatic amines is 1. The molecule has 15 heavy (non-hydrogen) atoms. The third-order valence-corrected chi connectivity index (χ3v) is 2.99. The van der Waals surface area contributed by atoms with Crippen molar-refractivity contribution in [2.75, 3.05) is 11.9 Å². The van der Waals surface area contributed by atoms with E-state index in [1.54, 1.807) is 6.33 Å². The lowest BCUT2D eigenvalue weighted by Gasteiger charge is -2.25. The Morgan fingerprint density at radius 3 is 3.27 bits per heavy atom. The minimum atomic E-state index is 0.189. The molecule has 0 bridgehead atoms. The molecule has 3 rings (SSSR count). The van der Waals surface area contributed by atoms with E-state index in [2.05, 4.69) is 21.4 Å². The number of hydrogen-bond acceptors (Lipinski definition) is 3. The van der Waals surface area contributed by atoms with Gasteiger partial charge < -0.3 is 15.4 Å². The van der Waals surface area contributed by atoms with Crippen molar-refractivity contribution in [2.24, 2.45) is 0 Å². The van der Waals surface area contributed by atoms with E-state index in [-0.39, 0.29) is 12.6 Å². The molecule has 0 fully saturated rings. The third kappa shape index (κ3) is 1.37. The molecule has 2 aromatic rings. The maximum atomic E-state index is 9.11. The minimum absolute atomic E-state index is 0.189. The van der Waals surface area contributed by atoms with Crippen LogP contribution in [0.25, 0.3) is 11.0 Å². The van der Waals surface area contributed by atoms with Gasteiger partial charge in [-0.15, -0.1) is 0 Å². The van der Waals surface area contributed by atoms with Gasteiger partial charge in [0, 0.05) is 11.7 Å². The van der Waals surface area contributed by atoms with Gasteiger partial charge in [0.25, 0.3) is 0 Å². The van der Waals surface area contributed by atoms with Crippen LogP contribution in [-0.2, 0) is 6.42 Å². The number of anilines is 1. The van der Waals surface area contributed by atoms with Crippen molar-refractivity contribution in [3.05, 3.63) is 24.0 Å². The molecule has 0 saturated carbocycles. The molecule has 1 aliphatic rings. The smallest absolute Gasteiger partial charge is 0.0931 e. The van der Waals surface area contributed by atoms with Crippen molar-refractivity contribution in [3.63, 3.8) is 0 Å². The van der Waals surface area contributed by atoms with Crippen LogP contribution in [0.3, 0.4) is 0 Å². The highest BCUT2D eigenvalue weighted by Crippen LogP contribution is 2.28. The second kappa shape index (κ2) is 3.24. The number of aliphatic hydroxyl groups excluding tert-OH is 1. The molecule has 4 heteroatoms. The van der Waals surface area contributed by atoms with Gasteiger partial charge in [-0.1, -0.05) is 0 Å². The Balaban J connectivity index is 2.08. The van der Waals surface area contributed by atoms with Crippen molar-refractivity contribution >= 4 is 16.7 Å². The van der Waals surface area contributed by atoms with Crippen LogP contribution in [0.4, 0.5) is 5.69 Å². The number of nitrogens with one attached hydrogen (secondary N) is 2. The fraction of sp³-hybridized carbons (Fsp3) is 0.364. The molecule has 1 atom stereocenters. The summed E-state index contributed by atoms with van der Waals surface area (Å²) in [4.78, 5) is 7.33. The molecule has 0 radical (unpaired) electrons. The summed E-state index contributed by atoms with van der Waals surface area (Å²) in [5, 5.41) is 12.4. The molecule has 1 unspecified atom stereocenters. The SMILES string of the molecule is OCC1CCc2cc3[nH]cnc3cc2N1. The summed E-state index contributed by atoms with van der Waals surface area (Å²) in [7, 11) is 0. The molecule has 1 aromatic heterocycles. The summed E-state index contributed by atoms with van der Waals surface area (Å²) in [6.45, 7) is 0.193. The van der Waals surface area contributed by atoms with Crippen LogP contribution in [-0.4, -0.2) is 27.7 Å². The summed E-state index contributed by atoms with van der Waals surface area (Å²) in [5.41, 5.74) is 4.47. The van der Waals surface area contributed by atoms with Gasteiger partial charge in [-0.2, -0.15) is 0 Å². The van der Waals surface area contributed by atoms with Gasteiger partial charge in [0.2, 0.25) is 0 Å². The van der Waals surface area contributed by atoms with E-state index in [1.165, 1.54) is 5.56 Å². The van der Waals surface area contributed by atoms with Crippen LogP contribution in [0.15, 0.2) is 18.5 Å². The molecule has 78 valence electrons. The van der Waals surface area contributed by atoms with Gasteiger partial charge >= 0.3 is 0 Å². The number of aryl methyl sites for hydroxylation is 1. The Bertz CT molecular complexity index is 492. The number of hydrogen-bond donors (Lipinski definition) is 3. The van der Waals surface area contributed by atoms with Gasteiger partial charge in [0.1, 0.15) is 0 Å². The van der Waals surface area contributed by atoms with Crippen molar-refractivity contribution in [1.29, 1.82) is 0 Å². The topological polar surface area (TPSA) is 60.9 Å². The van der Waals surface area contributed by atoms with Crippen molar-refractivity contribution < 1.29 is 5.11 Å². The number of imidazole rings is 1. The number of nitrogens with zero attached hydrogens (tertiary/aromatic N) is 1. The van der Waals surface area contributed by atoms with Crippen LogP contribution in [0.1, 0.15) is 12.0 Å². The van der Waals surface area contributed by atoms with E-state index < -0.39 is 0 Å². The van der Waals surface area contributed by atoms with E-state index in [0.717, 1.165) is 29.6 Å². The van der Waals surface area contributed by atoms with E-state index in [4.69, 9.17) is 5.11 Å². The lowest BCUT2D eigenvalue weighted by molar-refractivity contribution is 0.267. The Hall–Kier alpha value is -1.55. The van der Waals surface area contributed by atoms with Gasteiger partial charge in [0.05, 0.1) is 24.0 Å². The maximum Gasteiger partial charge on any atom is 0.0931 e. The highest BCUT2D eigenvalue weighted by molar-refractivity contribution is 5.81. The molecule has 4 nitrogen and oxygen atoms in total. The highest BCUT2D eigenvalue weighted by Gasteiger charge is 2.17. The summed E-state index contributed by atoms with van der Waals surface area (Å²) in [6.07, 6.45) is 3.71. The Labute approximate surface area is 87.3 Å². The Kier molecular flexibility index (Phi) is 1.89. The van der Waals surface area contributed by atoms with Crippen LogP contribution in [0.5, 0.6) is 0 Å². The number of H-pyrrole nitrogens is 1. The summed E-state index contributed by atoms with van der Waals surface area (Å²) < 4.78 is 0. The van der Waals surface area contributed by atoms with Gasteiger partial charge in [0.15, 0.2) is 0 Å². The van der Waals surface area contributed by atoms with E-state index in [9.17, 15) is 0 Å². The van der Waals surface area contributed by atoms with Gasteiger partial charge in [-0.25, -0.2) is 4.98 Å². The summed E-state index contributed by atoms with van der Waals surface area (Å²) >= 11 is 0. The number of fused-ring (bicyclic) bond motifs is 2. The standard InChI is InChI=1S/C11H13N3O/c15-5-8-2-1-7-3-10-11(13-6-12-10)4-9(7)14-8/h3-4,6,8,14-15H,1-2,5H2,(H,12,13). The molecular formula is C11H13N3O. The number of aromatic nitrogens is 2. The molecule has 0 spiro atoms. The second-order valence-electron chi connectivity index (χ2n) is 3.99. The third-order valence-electron chi connectivity index (χ3n) is 2.99. The van der Waals surface area contributed by atoms with Gasteiger partial charge in [-0.05, 0) is 30.5 Å². The number of aliphatic hydroxyl groups is 1. The molecule has 0 aliphatic carbocycles. The molecule has 2 heterocycles. The van der Waals surface area contributed by atoms with Crippen molar-refractivity contribution in [1.82, 2.24) is 9.97 Å². The number of benzene rings is 1. The summed E-state index contributed by atoms with van der Waals surface area (Å²) in [6, 6.07) is 4.37. The average Bonchev–Trinajstić information content (AvgIpc) is 2.72. The number of rotatable bonds is 1. The molecule has 1 aromatic carbocycles. The molecule has 0 amide bonds. The highest BCUT2D eigenvalue weighted by atomic mass is 16.3. The monoisotopic (exact) mass is 203 g/mol. The normalized spacial score (nSPS) is 19.9. The Morgan fingerprint density at radius 2 is 2.40 bits per heavy atom. The van der Waals surface area contributed by atoms with Gasteiger partial charge in [-0.3, -0.25) is 0 Å². The molecule has 0 saturated heterocycles. The first-order chi connectivity index (χ1) is 7.36. The Morgan fingerprint density at radius 1 is 1.47 bits per heavy atom. The van der Waals surface area contributed by atoms with Crippen LogP contribution in [0.2, 0.25) is 0 Å². The maximum absolute atomic E-state index is 9.11. The quantitative estimate of drug-likeness (QED) is 0.654. The van der Waals surface area contributed by atoms with Crippen molar-refractivity contribution in [2.45, 2.75) is 18.9 Å². The van der Waals surface area contributed by atoms with E-state index in [1.807, 2.05) is 6.07 Å². The lowest BCUT2D eigenvalue weighted by atomic mass is 9.98. The predicted molar refractivity (Wildman–Crippen MR) is 58.9 cm³/mol. The van der Waals surface area contributed by atoms with E-state index in [0.29, 0.717) is 0 Å². The fourth-order valence-electron chi connectivity index (χ4n) is 2.13. The second-order valence-corrected chi connectivity index (χ2v) is 3.99. The molecule has 1 aliphatic heterocycles. The lowest BCUT2D eigenvalue weighted by Crippen LogP contribution is -2.28. The first-order valence-corrected chi connectivity index (χ1v) is 5.20. The predicted octanol–water partition coefficient (Wildman–Crippen LogP) is 1.28. The van der Waals surface area contributed by atoms with E-state index >= 15 is 0 Å². The molecule has 3 N–H and O–H groups in total. The zero-order valence-electron chi connectivity index (χ0n) is 8.33. The largest absolute Gasteiger partial charge is 0.394 e. The molecular weight excluding hydrogens is 190 g/mol. The fourth-order valence-corrected chi connectivity index (χ4v) is 2.13. The first-order valence-electron chi connectivity index (χ1n) is 5.20. The van der Waals surface area contributed by atoms with Crippen molar-refractivity contribution in [3.8, 4) is 0 Å². The first kappa shape index (κ1) is 8.73. The zero-order valence-corrected chi connectivity index (χ0v) is 8.33. The summed E-state index contributed by atoms with van der Waals surface area (Å²) in [5.74, 6) is 0.